The maximum atomic E-state index is 13.0. The first kappa shape index (κ1) is 19.5. The molecule has 0 saturated carbocycles. The van der Waals surface area contributed by atoms with Gasteiger partial charge >= 0.3 is 12.2 Å². The summed E-state index contributed by atoms with van der Waals surface area (Å²) in [4.78, 5) is 13.8. The van der Waals surface area contributed by atoms with Gasteiger partial charge in [-0.3, -0.25) is 0 Å². The molecule has 1 fully saturated rings. The molecule has 2 heterocycles. The van der Waals surface area contributed by atoms with Crippen LogP contribution in [0.3, 0.4) is 0 Å². The number of rotatable bonds is 4. The number of aryl methyl sites for hydroxylation is 1. The second-order valence-electron chi connectivity index (χ2n) is 6.99. The zero-order valence-electron chi connectivity index (χ0n) is 15.2. The number of nitrogens with two attached hydrogens (primary N) is 1. The molecule has 148 valence electrons. The molecule has 2 unspecified atom stereocenters. The first-order chi connectivity index (χ1) is 12.8. The average Bonchev–Trinajstić information content (AvgIpc) is 2.95. The van der Waals surface area contributed by atoms with Crippen LogP contribution in [0.15, 0.2) is 28.7 Å². The highest BCUT2D eigenvalue weighted by Gasteiger charge is 2.47. The summed E-state index contributed by atoms with van der Waals surface area (Å²) < 4.78 is 44.8. The summed E-state index contributed by atoms with van der Waals surface area (Å²) in [7, 11) is 0. The largest absolute Gasteiger partial charge is 0.461 e. The fraction of sp³-hybridized carbons (Fsp3) is 0.526. The molecule has 0 spiro atoms. The van der Waals surface area contributed by atoms with Crippen LogP contribution < -0.4 is 11.1 Å². The van der Waals surface area contributed by atoms with Gasteiger partial charge in [0.2, 0.25) is 0 Å². The summed E-state index contributed by atoms with van der Waals surface area (Å²) in [6.07, 6.45) is -3.79. The number of fused-ring (bicyclic) bond motifs is 1. The third-order valence-electron chi connectivity index (χ3n) is 5.30. The van der Waals surface area contributed by atoms with Crippen molar-refractivity contribution in [3.8, 4) is 0 Å². The normalized spacial score (nSPS) is 20.9. The fourth-order valence-corrected chi connectivity index (χ4v) is 3.82. The van der Waals surface area contributed by atoms with Crippen molar-refractivity contribution in [3.05, 3.63) is 35.6 Å². The van der Waals surface area contributed by atoms with Crippen LogP contribution >= 0.6 is 0 Å². The zero-order valence-corrected chi connectivity index (χ0v) is 15.2. The van der Waals surface area contributed by atoms with Gasteiger partial charge in [-0.15, -0.1) is 0 Å². The first-order valence-corrected chi connectivity index (χ1v) is 9.07. The van der Waals surface area contributed by atoms with Gasteiger partial charge in [0.25, 0.3) is 0 Å². The number of piperidine rings is 1. The molecule has 27 heavy (non-hydrogen) atoms. The number of likely N-dealkylation sites (tertiary alicyclic amines) is 1. The van der Waals surface area contributed by atoms with Crippen molar-refractivity contribution in [1.29, 1.82) is 0 Å². The molecule has 3 rings (SSSR count). The summed E-state index contributed by atoms with van der Waals surface area (Å²) in [6, 6.07) is 7.34. The van der Waals surface area contributed by atoms with Crippen LogP contribution in [0.1, 0.15) is 17.7 Å². The molecule has 5 nitrogen and oxygen atoms in total. The van der Waals surface area contributed by atoms with E-state index >= 15 is 0 Å². The van der Waals surface area contributed by atoms with Crippen LogP contribution in [0.5, 0.6) is 0 Å². The van der Waals surface area contributed by atoms with E-state index in [1.807, 2.05) is 31.2 Å². The summed E-state index contributed by atoms with van der Waals surface area (Å²) in [5, 5.41) is 3.82. The van der Waals surface area contributed by atoms with Crippen molar-refractivity contribution in [2.24, 2.45) is 17.6 Å². The third kappa shape index (κ3) is 4.21. The van der Waals surface area contributed by atoms with Gasteiger partial charge in [-0.25, -0.2) is 4.79 Å². The summed E-state index contributed by atoms with van der Waals surface area (Å²) in [5.41, 5.74) is 7.35. The molecule has 2 aromatic rings. The number of alkyl halides is 3. The van der Waals surface area contributed by atoms with E-state index in [1.54, 1.807) is 0 Å². The van der Waals surface area contributed by atoms with Gasteiger partial charge in [0, 0.05) is 36.5 Å². The molecule has 0 radical (unpaired) electrons. The number of amides is 2. The van der Waals surface area contributed by atoms with Crippen molar-refractivity contribution in [3.63, 3.8) is 0 Å². The number of hydrogen-bond donors (Lipinski definition) is 2. The predicted molar refractivity (Wildman–Crippen MR) is 96.3 cm³/mol. The van der Waals surface area contributed by atoms with Crippen LogP contribution in [0.4, 0.5) is 18.0 Å². The van der Waals surface area contributed by atoms with Crippen LogP contribution in [0.2, 0.25) is 0 Å². The zero-order chi connectivity index (χ0) is 19.6. The molecule has 1 aromatic heterocycles. The maximum absolute atomic E-state index is 13.0. The standard InChI is InChI=1S/C19H24F3N3O2/c1-12-14(15-4-2-3-5-17(15)27-12)6-8-24-18(26)25-9-7-16(19(20,21)22)13(10-23)11-25/h2-5,13,16H,6-11,23H2,1H3,(H,24,26). The van der Waals surface area contributed by atoms with Crippen molar-refractivity contribution in [2.75, 3.05) is 26.2 Å². The molecule has 1 aliphatic rings. The Morgan fingerprint density at radius 2 is 2.11 bits per heavy atom. The van der Waals surface area contributed by atoms with Gasteiger partial charge in [-0.2, -0.15) is 13.2 Å². The Morgan fingerprint density at radius 1 is 1.37 bits per heavy atom. The van der Waals surface area contributed by atoms with Gasteiger partial charge in [-0.05, 0) is 32.4 Å². The Kier molecular flexibility index (Phi) is 5.64. The second kappa shape index (κ2) is 7.80. The molecular formula is C19H24F3N3O2. The summed E-state index contributed by atoms with van der Waals surface area (Å²) in [5.74, 6) is -1.39. The lowest BCUT2D eigenvalue weighted by atomic mass is 9.85. The van der Waals surface area contributed by atoms with E-state index in [1.165, 1.54) is 4.90 Å². The lowest BCUT2D eigenvalue weighted by Gasteiger charge is -2.38. The average molecular weight is 383 g/mol. The van der Waals surface area contributed by atoms with Crippen molar-refractivity contribution < 1.29 is 22.4 Å². The van der Waals surface area contributed by atoms with E-state index in [4.69, 9.17) is 10.2 Å². The van der Waals surface area contributed by atoms with Crippen molar-refractivity contribution in [2.45, 2.75) is 25.9 Å². The number of nitrogens with zero attached hydrogens (tertiary/aromatic N) is 1. The van der Waals surface area contributed by atoms with Crippen LogP contribution in [0.25, 0.3) is 11.0 Å². The number of carbonyl (C=O) groups excluding carboxylic acids is 1. The lowest BCUT2D eigenvalue weighted by molar-refractivity contribution is -0.197. The van der Waals surface area contributed by atoms with Crippen LogP contribution in [-0.4, -0.2) is 43.3 Å². The van der Waals surface area contributed by atoms with E-state index in [2.05, 4.69) is 5.32 Å². The highest BCUT2D eigenvalue weighted by Crippen LogP contribution is 2.37. The molecular weight excluding hydrogens is 359 g/mol. The SMILES string of the molecule is Cc1oc2ccccc2c1CCNC(=O)N1CCC(C(F)(F)F)C(CN)C1. The molecule has 8 heteroatoms. The molecule has 2 amide bonds. The number of para-hydroxylation sites is 1. The van der Waals surface area contributed by atoms with Crippen LogP contribution in [-0.2, 0) is 6.42 Å². The van der Waals surface area contributed by atoms with Crippen molar-refractivity contribution >= 4 is 17.0 Å². The Balaban J connectivity index is 1.56. The number of hydrogen-bond acceptors (Lipinski definition) is 3. The number of halogens is 3. The number of nitrogens with one attached hydrogen (secondary N) is 1. The number of carbonyl (C=O) groups is 1. The third-order valence-corrected chi connectivity index (χ3v) is 5.30. The minimum absolute atomic E-state index is 0.0280. The minimum atomic E-state index is -4.27. The molecule has 0 aliphatic carbocycles. The minimum Gasteiger partial charge on any atom is -0.461 e. The molecule has 2 atom stereocenters. The number of benzene rings is 1. The van der Waals surface area contributed by atoms with E-state index in [0.29, 0.717) is 13.0 Å². The highest BCUT2D eigenvalue weighted by atomic mass is 19.4. The second-order valence-corrected chi connectivity index (χ2v) is 6.99. The molecule has 1 aliphatic heterocycles. The summed E-state index contributed by atoms with van der Waals surface area (Å²) in [6.45, 7) is 2.29. The molecule has 3 N–H and O–H groups in total. The number of furan rings is 1. The highest BCUT2D eigenvalue weighted by molar-refractivity contribution is 5.82. The van der Waals surface area contributed by atoms with E-state index in [0.717, 1.165) is 22.3 Å². The Morgan fingerprint density at radius 3 is 2.81 bits per heavy atom. The quantitative estimate of drug-likeness (QED) is 0.850. The number of urea groups is 1. The van der Waals surface area contributed by atoms with Crippen molar-refractivity contribution in [1.82, 2.24) is 10.2 Å². The Labute approximate surface area is 155 Å². The molecule has 0 bridgehead atoms. The van der Waals surface area contributed by atoms with Crippen LogP contribution in [0, 0.1) is 18.8 Å². The monoisotopic (exact) mass is 383 g/mol. The topological polar surface area (TPSA) is 71.5 Å². The van der Waals surface area contributed by atoms with Gasteiger partial charge in [0.1, 0.15) is 11.3 Å². The van der Waals surface area contributed by atoms with Gasteiger partial charge in [0.05, 0.1) is 5.92 Å². The maximum Gasteiger partial charge on any atom is 0.392 e. The fourth-order valence-electron chi connectivity index (χ4n) is 3.82. The molecule has 1 aromatic carbocycles. The Hall–Kier alpha value is -2.22. The summed E-state index contributed by atoms with van der Waals surface area (Å²) >= 11 is 0. The smallest absolute Gasteiger partial charge is 0.392 e. The Bertz CT molecular complexity index is 803. The van der Waals surface area contributed by atoms with E-state index in [9.17, 15) is 18.0 Å². The molecule has 1 saturated heterocycles. The predicted octanol–water partition coefficient (Wildman–Crippen LogP) is 3.45. The first-order valence-electron chi connectivity index (χ1n) is 9.07. The van der Waals surface area contributed by atoms with E-state index in [-0.39, 0.29) is 32.1 Å². The van der Waals surface area contributed by atoms with Gasteiger partial charge < -0.3 is 20.4 Å². The van der Waals surface area contributed by atoms with Gasteiger partial charge in [0.15, 0.2) is 0 Å². The lowest BCUT2D eigenvalue weighted by Crippen LogP contribution is -2.52. The van der Waals surface area contributed by atoms with Gasteiger partial charge in [-0.1, -0.05) is 18.2 Å². The van der Waals surface area contributed by atoms with E-state index < -0.39 is 18.0 Å².